The lowest BCUT2D eigenvalue weighted by Crippen LogP contribution is -2.15. The monoisotopic (exact) mass is 630 g/mol. The third-order valence-electron chi connectivity index (χ3n) is 9.05. The molecule has 10 nitrogen and oxygen atoms in total. The summed E-state index contributed by atoms with van der Waals surface area (Å²) in [4.78, 5) is 22.3. The Morgan fingerprint density at radius 1 is 0.583 bits per heavy atom. The van der Waals surface area contributed by atoms with Gasteiger partial charge in [-0.1, -0.05) is 12.1 Å². The van der Waals surface area contributed by atoms with Crippen molar-refractivity contribution >= 4 is 43.9 Å². The second kappa shape index (κ2) is 11.9. The normalized spacial score (nSPS) is 12.6. The SMILES string of the molecule is Cc1cc(C)c2[nH]ccc2c1C(N)c1nc2ccc(C#N)cc2[nH]1.Cc1cc(C)c2[nH]ccc2c1C(N)c1nc2ccc(C#N)cc2[nH]1. The molecule has 0 amide bonds. The predicted octanol–water partition coefficient (Wildman–Crippen LogP) is 7.16. The molecule has 10 heteroatoms. The Labute approximate surface area is 276 Å². The van der Waals surface area contributed by atoms with Crippen LogP contribution >= 0.6 is 0 Å². The van der Waals surface area contributed by atoms with Crippen molar-refractivity contribution in [3.05, 3.63) is 129 Å². The third-order valence-corrected chi connectivity index (χ3v) is 9.05. The van der Waals surface area contributed by atoms with Crippen LogP contribution in [0.15, 0.2) is 73.1 Å². The van der Waals surface area contributed by atoms with E-state index in [9.17, 15) is 0 Å². The van der Waals surface area contributed by atoms with Crippen molar-refractivity contribution in [1.82, 2.24) is 29.9 Å². The average Bonchev–Trinajstić information content (AvgIpc) is 3.89. The molecule has 0 saturated carbocycles. The Morgan fingerprint density at radius 2 is 1.00 bits per heavy atom. The maximum atomic E-state index is 9.04. The van der Waals surface area contributed by atoms with Crippen molar-refractivity contribution < 1.29 is 0 Å². The van der Waals surface area contributed by atoms with Crippen LogP contribution in [0.5, 0.6) is 0 Å². The molecule has 8 aromatic rings. The van der Waals surface area contributed by atoms with Crippen molar-refractivity contribution in [3.63, 3.8) is 0 Å². The van der Waals surface area contributed by atoms with E-state index in [0.717, 1.165) is 66.1 Å². The zero-order chi connectivity index (χ0) is 33.7. The Balaban J connectivity index is 0.000000152. The van der Waals surface area contributed by atoms with Gasteiger partial charge >= 0.3 is 0 Å². The van der Waals surface area contributed by atoms with E-state index in [1.54, 1.807) is 24.3 Å². The lowest BCUT2D eigenvalue weighted by Gasteiger charge is -2.15. The van der Waals surface area contributed by atoms with Gasteiger partial charge in [0.25, 0.3) is 0 Å². The molecule has 4 aromatic heterocycles. The number of hydrogen-bond donors (Lipinski definition) is 6. The van der Waals surface area contributed by atoms with Gasteiger partial charge in [0, 0.05) is 34.2 Å². The quantitative estimate of drug-likeness (QED) is 0.120. The molecule has 2 unspecified atom stereocenters. The number of rotatable bonds is 4. The first-order valence-corrected chi connectivity index (χ1v) is 15.6. The molecule has 0 spiro atoms. The van der Waals surface area contributed by atoms with E-state index >= 15 is 0 Å². The molecule has 0 aliphatic rings. The standard InChI is InChI=1S/2C19H17N5/c2*1-10-7-11(2)18-13(5-6-22-18)16(10)17(21)19-23-14-4-3-12(9-20)8-15(14)24-19/h2*3-8,17,22H,21H2,1-2H3,(H,23,24). The van der Waals surface area contributed by atoms with E-state index in [1.807, 2.05) is 24.5 Å². The lowest BCUT2D eigenvalue weighted by atomic mass is 9.95. The van der Waals surface area contributed by atoms with Gasteiger partial charge in [0.15, 0.2) is 0 Å². The van der Waals surface area contributed by atoms with E-state index in [2.05, 4.69) is 94.0 Å². The fourth-order valence-electron chi connectivity index (χ4n) is 6.81. The fourth-order valence-corrected chi connectivity index (χ4v) is 6.81. The van der Waals surface area contributed by atoms with E-state index < -0.39 is 0 Å². The smallest absolute Gasteiger partial charge is 0.128 e. The van der Waals surface area contributed by atoms with E-state index in [0.29, 0.717) is 22.8 Å². The van der Waals surface area contributed by atoms with Gasteiger partial charge in [-0.25, -0.2) is 9.97 Å². The molecule has 0 bridgehead atoms. The number of H-pyrrole nitrogens is 4. The minimum Gasteiger partial charge on any atom is -0.361 e. The molecule has 48 heavy (non-hydrogen) atoms. The van der Waals surface area contributed by atoms with Gasteiger partial charge in [-0.2, -0.15) is 10.5 Å². The minimum absolute atomic E-state index is 0.359. The molecule has 0 radical (unpaired) electrons. The van der Waals surface area contributed by atoms with Gasteiger partial charge in [-0.05, 0) is 110 Å². The van der Waals surface area contributed by atoms with Crippen molar-refractivity contribution in [2.75, 3.05) is 0 Å². The first-order valence-electron chi connectivity index (χ1n) is 15.6. The molecular weight excluding hydrogens is 596 g/mol. The van der Waals surface area contributed by atoms with Gasteiger partial charge in [0.2, 0.25) is 0 Å². The molecule has 4 aromatic carbocycles. The van der Waals surface area contributed by atoms with Crippen molar-refractivity contribution in [1.29, 1.82) is 10.5 Å². The van der Waals surface area contributed by atoms with Gasteiger partial charge in [-0.3, -0.25) is 0 Å². The van der Waals surface area contributed by atoms with Crippen LogP contribution in [0.2, 0.25) is 0 Å². The number of nitrogens with one attached hydrogen (secondary N) is 4. The Kier molecular flexibility index (Phi) is 7.53. The number of fused-ring (bicyclic) bond motifs is 4. The topological polar surface area (TPSA) is 189 Å². The van der Waals surface area contributed by atoms with E-state index in [-0.39, 0.29) is 12.1 Å². The van der Waals surface area contributed by atoms with Gasteiger partial charge in [0.1, 0.15) is 11.6 Å². The third kappa shape index (κ3) is 5.16. The first kappa shape index (κ1) is 30.5. The van der Waals surface area contributed by atoms with Crippen LogP contribution in [0.25, 0.3) is 43.9 Å². The summed E-state index contributed by atoms with van der Waals surface area (Å²) < 4.78 is 0. The highest BCUT2D eigenvalue weighted by molar-refractivity contribution is 5.89. The van der Waals surface area contributed by atoms with Gasteiger partial charge in [-0.15, -0.1) is 0 Å². The number of aromatic nitrogens is 6. The molecule has 8 rings (SSSR count). The highest BCUT2D eigenvalue weighted by Crippen LogP contribution is 2.33. The number of aromatic amines is 4. The van der Waals surface area contributed by atoms with Gasteiger partial charge < -0.3 is 31.4 Å². The van der Waals surface area contributed by atoms with Crippen LogP contribution in [0, 0.1) is 50.4 Å². The molecule has 0 saturated heterocycles. The van der Waals surface area contributed by atoms with Crippen LogP contribution in [-0.2, 0) is 0 Å². The van der Waals surface area contributed by atoms with Gasteiger partial charge in [0.05, 0.1) is 57.4 Å². The summed E-state index contributed by atoms with van der Waals surface area (Å²) in [6.45, 7) is 8.33. The number of benzene rings is 4. The predicted molar refractivity (Wildman–Crippen MR) is 189 cm³/mol. The molecule has 4 heterocycles. The maximum absolute atomic E-state index is 9.04. The number of nitrogens with two attached hydrogens (primary N) is 2. The second-order valence-corrected chi connectivity index (χ2v) is 12.3. The van der Waals surface area contributed by atoms with Crippen LogP contribution in [-0.4, -0.2) is 29.9 Å². The zero-order valence-corrected chi connectivity index (χ0v) is 27.0. The summed E-state index contributed by atoms with van der Waals surface area (Å²) in [5, 5.41) is 20.3. The molecule has 0 aliphatic heterocycles. The highest BCUT2D eigenvalue weighted by atomic mass is 15.0. The number of hydrogen-bond acceptors (Lipinski definition) is 6. The van der Waals surface area contributed by atoms with Crippen molar-refractivity contribution in [2.45, 2.75) is 39.8 Å². The summed E-state index contributed by atoms with van der Waals surface area (Å²) in [6.07, 6.45) is 3.87. The highest BCUT2D eigenvalue weighted by Gasteiger charge is 2.21. The minimum atomic E-state index is -0.359. The van der Waals surface area contributed by atoms with E-state index in [1.165, 1.54) is 11.1 Å². The zero-order valence-electron chi connectivity index (χ0n) is 27.0. The van der Waals surface area contributed by atoms with Crippen LogP contribution in [0.4, 0.5) is 0 Å². The number of aryl methyl sites for hydroxylation is 4. The number of imidazole rings is 2. The summed E-state index contributed by atoms with van der Waals surface area (Å²) in [6, 6.07) is 22.8. The molecule has 236 valence electrons. The Bertz CT molecular complexity index is 2400. The summed E-state index contributed by atoms with van der Waals surface area (Å²) in [5.74, 6) is 1.41. The van der Waals surface area contributed by atoms with Crippen LogP contribution < -0.4 is 11.5 Å². The summed E-state index contributed by atoms with van der Waals surface area (Å²) in [5.41, 5.74) is 26.6. The molecule has 0 aliphatic carbocycles. The number of nitrogens with zero attached hydrogens (tertiary/aromatic N) is 4. The van der Waals surface area contributed by atoms with Crippen LogP contribution in [0.1, 0.15) is 68.2 Å². The maximum Gasteiger partial charge on any atom is 0.128 e. The molecule has 8 N–H and O–H groups in total. The summed E-state index contributed by atoms with van der Waals surface area (Å²) >= 11 is 0. The molecular formula is C38H34N10. The first-order chi connectivity index (χ1) is 23.2. The van der Waals surface area contributed by atoms with E-state index in [4.69, 9.17) is 22.0 Å². The van der Waals surface area contributed by atoms with Crippen molar-refractivity contribution in [2.24, 2.45) is 11.5 Å². The lowest BCUT2D eigenvalue weighted by molar-refractivity contribution is 0.806. The molecule has 0 fully saturated rings. The number of nitriles is 2. The Hall–Kier alpha value is -6.20. The molecule has 2 atom stereocenters. The Morgan fingerprint density at radius 3 is 1.40 bits per heavy atom. The fraction of sp³-hybridized carbons (Fsp3) is 0.158. The largest absolute Gasteiger partial charge is 0.361 e. The average molecular weight is 631 g/mol. The van der Waals surface area contributed by atoms with Crippen LogP contribution in [0.3, 0.4) is 0 Å². The second-order valence-electron chi connectivity index (χ2n) is 12.3. The van der Waals surface area contributed by atoms with Crippen molar-refractivity contribution in [3.8, 4) is 12.1 Å². The summed E-state index contributed by atoms with van der Waals surface area (Å²) in [7, 11) is 0.